The van der Waals surface area contributed by atoms with E-state index in [1.807, 2.05) is 0 Å². The van der Waals surface area contributed by atoms with Gasteiger partial charge in [-0.05, 0) is 24.6 Å². The molecule has 100 valence electrons. The molecule has 0 aliphatic carbocycles. The first-order chi connectivity index (χ1) is 8.45. The van der Waals surface area contributed by atoms with Gasteiger partial charge in [0, 0.05) is 20.2 Å². The number of nitrogens with two attached hydrogens (primary N) is 1. The molecule has 1 aromatic rings. The Morgan fingerprint density at radius 2 is 2.22 bits per heavy atom. The van der Waals surface area contributed by atoms with Gasteiger partial charge in [0.15, 0.2) is 0 Å². The summed E-state index contributed by atoms with van der Waals surface area (Å²) in [4.78, 5) is 0.165. The van der Waals surface area contributed by atoms with Crippen LogP contribution in [-0.2, 0) is 14.8 Å². The number of benzene rings is 1. The largest absolute Gasteiger partial charge is 0.398 e. The van der Waals surface area contributed by atoms with Crippen LogP contribution in [0.2, 0.25) is 5.02 Å². The van der Waals surface area contributed by atoms with Crippen LogP contribution in [0.15, 0.2) is 23.1 Å². The Hall–Kier alpha value is -0.820. The first kappa shape index (κ1) is 13.6. The van der Waals surface area contributed by atoms with E-state index in [0.29, 0.717) is 25.2 Å². The molecular formula is C11H15ClN2O3S. The summed E-state index contributed by atoms with van der Waals surface area (Å²) in [7, 11) is -1.92. The number of methoxy groups -OCH3 is 1. The van der Waals surface area contributed by atoms with Gasteiger partial charge in [-0.1, -0.05) is 11.6 Å². The van der Waals surface area contributed by atoms with Gasteiger partial charge < -0.3 is 10.5 Å². The van der Waals surface area contributed by atoms with Gasteiger partial charge in [0.25, 0.3) is 0 Å². The molecule has 18 heavy (non-hydrogen) atoms. The fraction of sp³-hybridized carbons (Fsp3) is 0.455. The molecule has 1 aromatic carbocycles. The van der Waals surface area contributed by atoms with E-state index in [-0.39, 0.29) is 16.0 Å². The van der Waals surface area contributed by atoms with Gasteiger partial charge in [-0.25, -0.2) is 8.42 Å². The van der Waals surface area contributed by atoms with Crippen molar-refractivity contribution in [1.82, 2.24) is 4.31 Å². The molecule has 1 aliphatic rings. The molecule has 0 radical (unpaired) electrons. The zero-order valence-electron chi connectivity index (χ0n) is 9.97. The number of rotatable bonds is 3. The summed E-state index contributed by atoms with van der Waals surface area (Å²) in [5, 5.41) is 0.249. The Morgan fingerprint density at radius 3 is 2.78 bits per heavy atom. The highest BCUT2D eigenvalue weighted by atomic mass is 35.5. The Morgan fingerprint density at radius 1 is 1.50 bits per heavy atom. The van der Waals surface area contributed by atoms with Crippen molar-refractivity contribution in [3.8, 4) is 0 Å². The van der Waals surface area contributed by atoms with Gasteiger partial charge in [0.2, 0.25) is 10.0 Å². The smallest absolute Gasteiger partial charge is 0.243 e. The first-order valence-corrected chi connectivity index (χ1v) is 7.35. The second-order valence-corrected chi connectivity index (χ2v) is 6.54. The normalized spacial score (nSPS) is 21.3. The van der Waals surface area contributed by atoms with Crippen molar-refractivity contribution in [3.05, 3.63) is 23.2 Å². The van der Waals surface area contributed by atoms with Crippen LogP contribution >= 0.6 is 11.6 Å². The Labute approximate surface area is 112 Å². The summed E-state index contributed by atoms with van der Waals surface area (Å²) >= 11 is 5.85. The molecular weight excluding hydrogens is 276 g/mol. The number of anilines is 1. The average molecular weight is 291 g/mol. The van der Waals surface area contributed by atoms with Gasteiger partial charge in [0.05, 0.1) is 21.7 Å². The molecule has 7 heteroatoms. The topological polar surface area (TPSA) is 72.6 Å². The minimum Gasteiger partial charge on any atom is -0.398 e. The van der Waals surface area contributed by atoms with Crippen LogP contribution in [0.3, 0.4) is 0 Å². The van der Waals surface area contributed by atoms with E-state index in [0.717, 1.165) is 0 Å². The van der Waals surface area contributed by atoms with Gasteiger partial charge in [-0.2, -0.15) is 4.31 Å². The number of nitrogens with zero attached hydrogens (tertiary/aromatic N) is 1. The molecule has 0 saturated carbocycles. The lowest BCUT2D eigenvalue weighted by Gasteiger charge is -2.16. The zero-order valence-corrected chi connectivity index (χ0v) is 11.5. The number of hydrogen-bond donors (Lipinski definition) is 1. The predicted octanol–water partition coefficient (Wildman–Crippen LogP) is 1.33. The monoisotopic (exact) mass is 290 g/mol. The standard InChI is InChI=1S/C11H15ClN2O3S/c1-17-8-4-5-14(7-8)18(15,16)9-2-3-11(13)10(12)6-9/h2-3,6,8H,4-5,7,13H2,1H3. The van der Waals surface area contributed by atoms with Crippen LogP contribution in [0.4, 0.5) is 5.69 Å². The average Bonchev–Trinajstić information content (AvgIpc) is 2.81. The minimum atomic E-state index is -3.51. The second kappa shape index (κ2) is 5.05. The van der Waals surface area contributed by atoms with Crippen LogP contribution in [0.1, 0.15) is 6.42 Å². The fourth-order valence-electron chi connectivity index (χ4n) is 1.93. The Bertz CT molecular complexity index is 547. The van der Waals surface area contributed by atoms with Crippen molar-refractivity contribution in [1.29, 1.82) is 0 Å². The van der Waals surface area contributed by atoms with Crippen LogP contribution in [-0.4, -0.2) is 39.0 Å². The summed E-state index contributed by atoms with van der Waals surface area (Å²) < 4.78 is 31.2. The third-order valence-electron chi connectivity index (χ3n) is 3.05. The van der Waals surface area contributed by atoms with Gasteiger partial charge in [-0.3, -0.25) is 0 Å². The molecule has 2 N–H and O–H groups in total. The van der Waals surface area contributed by atoms with Crippen molar-refractivity contribution in [3.63, 3.8) is 0 Å². The maximum atomic E-state index is 12.3. The van der Waals surface area contributed by atoms with Crippen LogP contribution < -0.4 is 5.73 Å². The molecule has 1 unspecified atom stereocenters. The molecule has 1 saturated heterocycles. The highest BCUT2D eigenvalue weighted by Gasteiger charge is 2.32. The van der Waals surface area contributed by atoms with E-state index in [9.17, 15) is 8.42 Å². The maximum Gasteiger partial charge on any atom is 0.243 e. The molecule has 1 heterocycles. The summed E-state index contributed by atoms with van der Waals surface area (Å²) in [6.45, 7) is 0.837. The zero-order chi connectivity index (χ0) is 13.3. The van der Waals surface area contributed by atoms with Crippen molar-refractivity contribution >= 4 is 27.3 Å². The number of halogens is 1. The summed E-state index contributed by atoms with van der Waals surface area (Å²) in [6, 6.07) is 4.35. The molecule has 2 rings (SSSR count). The van der Waals surface area contributed by atoms with E-state index in [1.54, 1.807) is 7.11 Å². The van der Waals surface area contributed by atoms with Crippen molar-refractivity contribution in [2.45, 2.75) is 17.4 Å². The lowest BCUT2D eigenvalue weighted by Crippen LogP contribution is -2.30. The van der Waals surface area contributed by atoms with E-state index < -0.39 is 10.0 Å². The maximum absolute atomic E-state index is 12.3. The fourth-order valence-corrected chi connectivity index (χ4v) is 3.68. The van der Waals surface area contributed by atoms with Gasteiger partial charge in [0.1, 0.15) is 0 Å². The number of sulfonamides is 1. The quantitative estimate of drug-likeness (QED) is 0.853. The van der Waals surface area contributed by atoms with Crippen molar-refractivity contribution in [2.75, 3.05) is 25.9 Å². The molecule has 0 bridgehead atoms. The third kappa shape index (κ3) is 2.47. The van der Waals surface area contributed by atoms with Crippen LogP contribution in [0.5, 0.6) is 0 Å². The van der Waals surface area contributed by atoms with Gasteiger partial charge in [-0.15, -0.1) is 0 Å². The number of ether oxygens (including phenoxy) is 1. The summed E-state index contributed by atoms with van der Waals surface area (Å²) in [5.41, 5.74) is 5.94. The highest BCUT2D eigenvalue weighted by Crippen LogP contribution is 2.27. The molecule has 0 aromatic heterocycles. The molecule has 0 spiro atoms. The van der Waals surface area contributed by atoms with E-state index in [4.69, 9.17) is 22.1 Å². The molecule has 1 atom stereocenters. The minimum absolute atomic E-state index is 0.0379. The van der Waals surface area contributed by atoms with Crippen molar-refractivity contribution in [2.24, 2.45) is 0 Å². The molecule has 1 fully saturated rings. The van der Waals surface area contributed by atoms with E-state index >= 15 is 0 Å². The SMILES string of the molecule is COC1CCN(S(=O)(=O)c2ccc(N)c(Cl)c2)C1. The number of nitrogen functional groups attached to an aromatic ring is 1. The predicted molar refractivity (Wildman–Crippen MR) is 70.0 cm³/mol. The first-order valence-electron chi connectivity index (χ1n) is 5.53. The van der Waals surface area contributed by atoms with E-state index in [2.05, 4.69) is 0 Å². The van der Waals surface area contributed by atoms with E-state index in [1.165, 1.54) is 22.5 Å². The molecule has 1 aliphatic heterocycles. The molecule has 5 nitrogen and oxygen atoms in total. The Kier molecular flexibility index (Phi) is 3.82. The lowest BCUT2D eigenvalue weighted by atomic mass is 10.3. The molecule has 0 amide bonds. The Balaban J connectivity index is 2.28. The summed E-state index contributed by atoms with van der Waals surface area (Å²) in [5.74, 6) is 0. The number of hydrogen-bond acceptors (Lipinski definition) is 4. The highest BCUT2D eigenvalue weighted by molar-refractivity contribution is 7.89. The van der Waals surface area contributed by atoms with Crippen LogP contribution in [0.25, 0.3) is 0 Å². The van der Waals surface area contributed by atoms with Gasteiger partial charge >= 0.3 is 0 Å². The third-order valence-corrected chi connectivity index (χ3v) is 5.24. The summed E-state index contributed by atoms with van der Waals surface area (Å²) in [6.07, 6.45) is 0.669. The van der Waals surface area contributed by atoms with Crippen LogP contribution in [0, 0.1) is 0 Å². The lowest BCUT2D eigenvalue weighted by molar-refractivity contribution is 0.115. The van der Waals surface area contributed by atoms with Crippen molar-refractivity contribution < 1.29 is 13.2 Å². The second-order valence-electron chi connectivity index (χ2n) is 4.19.